The molecule has 0 aliphatic carbocycles. The largest absolute Gasteiger partial charge is 0.461 e. The van der Waals surface area contributed by atoms with Gasteiger partial charge < -0.3 is 14.4 Å². The Kier molecular flexibility index (Phi) is 9.18. The standard InChI is InChI=1S/C38H44ClFN6O6S/c1-37(2,3)52-36(47)46-24-12-13-25(46)20-44(19-24)34-28-18-41-32(27-10-5-8-23-9-6-11-29(39)30(23)27)31(40)33(28)42-35(43-34)50-22-38-15-7-17-45(38)26(14-16-38)21-51-53(4,48)49/h5-6,8-11,18,24-26H,7,12-17,19-22H2,1-4H3/t24?,25?,26-,38-/m1/s1. The molecule has 1 amide bonds. The van der Waals surface area contributed by atoms with Crippen molar-refractivity contribution >= 4 is 55.3 Å². The van der Waals surface area contributed by atoms with E-state index < -0.39 is 21.5 Å². The van der Waals surface area contributed by atoms with Crippen LogP contribution in [0.2, 0.25) is 5.02 Å². The van der Waals surface area contributed by atoms with Crippen molar-refractivity contribution in [1.29, 1.82) is 0 Å². The van der Waals surface area contributed by atoms with Crippen molar-refractivity contribution in [2.45, 2.75) is 88.6 Å². The number of anilines is 1. The summed E-state index contributed by atoms with van der Waals surface area (Å²) in [4.78, 5) is 33.8. The molecule has 8 rings (SSSR count). The van der Waals surface area contributed by atoms with Crippen LogP contribution in [-0.2, 0) is 19.0 Å². The third-order valence-corrected chi connectivity index (χ3v) is 12.0. The van der Waals surface area contributed by atoms with E-state index >= 15 is 4.39 Å². The molecule has 15 heteroatoms. The van der Waals surface area contributed by atoms with Crippen LogP contribution in [0.3, 0.4) is 0 Å². The first kappa shape index (κ1) is 36.1. The van der Waals surface area contributed by atoms with Gasteiger partial charge in [0.05, 0.1) is 35.9 Å². The van der Waals surface area contributed by atoms with E-state index in [1.807, 2.05) is 49.9 Å². The predicted octanol–water partition coefficient (Wildman–Crippen LogP) is 6.58. The van der Waals surface area contributed by atoms with Crippen molar-refractivity contribution in [1.82, 2.24) is 24.8 Å². The van der Waals surface area contributed by atoms with E-state index in [-0.39, 0.29) is 60.2 Å². The second kappa shape index (κ2) is 13.5. The van der Waals surface area contributed by atoms with Gasteiger partial charge in [0, 0.05) is 41.3 Å². The lowest BCUT2D eigenvalue weighted by molar-refractivity contribution is 0.0122. The molecule has 0 N–H and O–H groups in total. The highest BCUT2D eigenvalue weighted by molar-refractivity contribution is 7.85. The van der Waals surface area contributed by atoms with Gasteiger partial charge in [-0.05, 0) is 77.3 Å². The molecule has 6 heterocycles. The molecule has 282 valence electrons. The molecule has 2 unspecified atom stereocenters. The first-order valence-electron chi connectivity index (χ1n) is 18.2. The second-order valence-corrected chi connectivity index (χ2v) is 17.9. The van der Waals surface area contributed by atoms with E-state index in [2.05, 4.69) is 14.8 Å². The van der Waals surface area contributed by atoms with Gasteiger partial charge in [-0.3, -0.25) is 19.0 Å². The van der Waals surface area contributed by atoms with Crippen LogP contribution >= 0.6 is 11.6 Å². The molecule has 4 fully saturated rings. The number of halogens is 2. The number of aromatic nitrogens is 3. The van der Waals surface area contributed by atoms with Crippen LogP contribution in [0.5, 0.6) is 6.01 Å². The summed E-state index contributed by atoms with van der Waals surface area (Å²) in [5.41, 5.74) is -0.219. The van der Waals surface area contributed by atoms with E-state index in [4.69, 9.17) is 35.2 Å². The molecule has 2 aromatic heterocycles. The molecule has 0 radical (unpaired) electrons. The molecule has 12 nitrogen and oxygen atoms in total. The number of pyridine rings is 1. The Balaban J connectivity index is 1.16. The van der Waals surface area contributed by atoms with Crippen LogP contribution in [0.25, 0.3) is 32.9 Å². The molecule has 4 aliphatic rings. The highest BCUT2D eigenvalue weighted by Crippen LogP contribution is 2.44. The van der Waals surface area contributed by atoms with Crippen LogP contribution in [-0.4, -0.2) is 108 Å². The lowest BCUT2D eigenvalue weighted by Crippen LogP contribution is -2.57. The summed E-state index contributed by atoms with van der Waals surface area (Å²) in [6.45, 7) is 7.67. The van der Waals surface area contributed by atoms with Gasteiger partial charge in [0.1, 0.15) is 29.2 Å². The summed E-state index contributed by atoms with van der Waals surface area (Å²) in [7, 11) is -3.57. The maximum atomic E-state index is 17.0. The highest BCUT2D eigenvalue weighted by Gasteiger charge is 2.50. The number of amides is 1. The van der Waals surface area contributed by atoms with E-state index in [1.165, 1.54) is 0 Å². The molecule has 4 aliphatic heterocycles. The Hall–Kier alpha value is -3.85. The van der Waals surface area contributed by atoms with Crippen molar-refractivity contribution in [3.8, 4) is 17.3 Å². The maximum absolute atomic E-state index is 17.0. The minimum absolute atomic E-state index is 0.0403. The van der Waals surface area contributed by atoms with Gasteiger partial charge in [-0.2, -0.15) is 18.4 Å². The molecule has 53 heavy (non-hydrogen) atoms. The van der Waals surface area contributed by atoms with Crippen molar-refractivity contribution in [2.75, 3.05) is 44.0 Å². The van der Waals surface area contributed by atoms with Gasteiger partial charge in [-0.1, -0.05) is 41.9 Å². The van der Waals surface area contributed by atoms with Gasteiger partial charge in [-0.15, -0.1) is 0 Å². The van der Waals surface area contributed by atoms with E-state index in [1.54, 1.807) is 18.3 Å². The Bertz CT molecular complexity index is 2180. The predicted molar refractivity (Wildman–Crippen MR) is 200 cm³/mol. The summed E-state index contributed by atoms with van der Waals surface area (Å²) in [5.74, 6) is -0.121. The van der Waals surface area contributed by atoms with Crippen molar-refractivity contribution < 1.29 is 31.3 Å². The van der Waals surface area contributed by atoms with Crippen LogP contribution in [0.1, 0.15) is 59.3 Å². The van der Waals surface area contributed by atoms with Crippen molar-refractivity contribution in [3.63, 3.8) is 0 Å². The number of hydrogen-bond donors (Lipinski definition) is 0. The topological polar surface area (TPSA) is 127 Å². The summed E-state index contributed by atoms with van der Waals surface area (Å²) in [6.07, 6.45) is 7.34. The number of carbonyl (C=O) groups is 1. The number of piperazine rings is 1. The summed E-state index contributed by atoms with van der Waals surface area (Å²) in [5, 5.41) is 2.48. The summed E-state index contributed by atoms with van der Waals surface area (Å²) in [6, 6.07) is 10.9. The Morgan fingerprint density at radius 2 is 1.79 bits per heavy atom. The SMILES string of the molecule is CC(C)(C)OC(=O)N1C2CCC1CN(c1nc(OC[C@]34CCCN3[C@@H](COS(C)(=O)=O)CC4)nc3c(F)c(-c4cccc5cccc(Cl)c45)ncc13)C2. The quantitative estimate of drug-likeness (QED) is 0.181. The molecule has 2 bridgehead atoms. The lowest BCUT2D eigenvalue weighted by atomic mass is 9.95. The average molecular weight is 767 g/mol. The number of nitrogens with zero attached hydrogens (tertiary/aromatic N) is 6. The fourth-order valence-corrected chi connectivity index (χ4v) is 9.57. The number of rotatable bonds is 8. The molecule has 0 spiro atoms. The van der Waals surface area contributed by atoms with Gasteiger partial charge in [0.2, 0.25) is 0 Å². The van der Waals surface area contributed by atoms with Crippen LogP contribution in [0.4, 0.5) is 15.0 Å². The molecule has 4 atom stereocenters. The minimum Gasteiger partial charge on any atom is -0.461 e. The normalized spacial score (nSPS) is 24.7. The fourth-order valence-electron chi connectivity index (χ4n) is 8.89. The zero-order valence-corrected chi connectivity index (χ0v) is 31.9. The van der Waals surface area contributed by atoms with Crippen molar-refractivity contribution in [3.05, 3.63) is 53.4 Å². The Morgan fingerprint density at radius 3 is 2.51 bits per heavy atom. The zero-order chi connectivity index (χ0) is 37.3. The zero-order valence-electron chi connectivity index (χ0n) is 30.3. The minimum atomic E-state index is -3.57. The van der Waals surface area contributed by atoms with Crippen LogP contribution in [0.15, 0.2) is 42.6 Å². The molecular weight excluding hydrogens is 723 g/mol. The van der Waals surface area contributed by atoms with Crippen LogP contribution < -0.4 is 9.64 Å². The van der Waals surface area contributed by atoms with Crippen LogP contribution in [0, 0.1) is 5.82 Å². The molecular formula is C38H44ClFN6O6S. The number of carbonyl (C=O) groups excluding carboxylic acids is 1. The summed E-state index contributed by atoms with van der Waals surface area (Å²) >= 11 is 6.66. The monoisotopic (exact) mass is 766 g/mol. The number of fused-ring (bicyclic) bond motifs is 5. The maximum Gasteiger partial charge on any atom is 0.410 e. The van der Waals surface area contributed by atoms with Gasteiger partial charge in [-0.25, -0.2) is 9.18 Å². The van der Waals surface area contributed by atoms with Gasteiger partial charge in [0.25, 0.3) is 10.1 Å². The average Bonchev–Trinajstić information content (AvgIpc) is 3.75. The molecule has 4 saturated heterocycles. The number of ether oxygens (including phenoxy) is 2. The highest BCUT2D eigenvalue weighted by atomic mass is 35.5. The van der Waals surface area contributed by atoms with Gasteiger partial charge >= 0.3 is 12.1 Å². The third-order valence-electron chi connectivity index (χ3n) is 11.1. The van der Waals surface area contributed by atoms with Crippen molar-refractivity contribution in [2.24, 2.45) is 0 Å². The van der Waals surface area contributed by atoms with E-state index in [0.29, 0.717) is 40.3 Å². The third kappa shape index (κ3) is 6.87. The van der Waals surface area contributed by atoms with E-state index in [9.17, 15) is 13.2 Å². The van der Waals surface area contributed by atoms with E-state index in [0.717, 1.165) is 56.7 Å². The first-order chi connectivity index (χ1) is 25.2. The first-order valence-corrected chi connectivity index (χ1v) is 20.4. The second-order valence-electron chi connectivity index (χ2n) is 15.8. The van der Waals surface area contributed by atoms with Gasteiger partial charge in [0.15, 0.2) is 5.82 Å². The number of benzene rings is 2. The Morgan fingerprint density at radius 1 is 1.06 bits per heavy atom. The molecule has 2 aromatic carbocycles. The fraction of sp³-hybridized carbons (Fsp3) is 0.526. The summed E-state index contributed by atoms with van der Waals surface area (Å²) < 4.78 is 57.9. The Labute approximate surface area is 313 Å². The lowest BCUT2D eigenvalue weighted by Gasteiger charge is -2.42. The molecule has 4 aromatic rings. The smallest absolute Gasteiger partial charge is 0.410 e. The number of hydrogen-bond acceptors (Lipinski definition) is 11. The molecule has 0 saturated carbocycles.